The first-order valence-electron chi connectivity index (χ1n) is 33.5. The van der Waals surface area contributed by atoms with Crippen LogP contribution >= 0.6 is 0 Å². The molecular formula is C67H138N+. The first-order chi connectivity index (χ1) is 33.7. The average molecular weight is 958 g/mol. The SMILES string of the molecule is CCCCCCCCCCCCCCCCCCCCCC[N+](C)(CCCCCCCCCCCCCCCCCCCCCC)CCCCCCCCCCCCCCCCCCCCCC. The van der Waals surface area contributed by atoms with Crippen LogP contribution in [-0.4, -0.2) is 31.2 Å². The first-order valence-corrected chi connectivity index (χ1v) is 33.5. The Balaban J connectivity index is 4.08. The second-order valence-corrected chi connectivity index (χ2v) is 23.9. The lowest BCUT2D eigenvalue weighted by Crippen LogP contribution is -2.46. The van der Waals surface area contributed by atoms with Crippen molar-refractivity contribution in [1.82, 2.24) is 0 Å². The number of hydrogen-bond donors (Lipinski definition) is 0. The van der Waals surface area contributed by atoms with Crippen molar-refractivity contribution in [2.75, 3.05) is 26.7 Å². The largest absolute Gasteiger partial charge is 0.326 e. The molecule has 0 saturated heterocycles. The molecular weight excluding hydrogens is 819 g/mol. The van der Waals surface area contributed by atoms with Crippen molar-refractivity contribution in [2.45, 2.75) is 406 Å². The number of nitrogens with zero attached hydrogens (tertiary/aromatic N) is 1. The minimum absolute atomic E-state index is 1.37. The molecule has 68 heavy (non-hydrogen) atoms. The monoisotopic (exact) mass is 957 g/mol. The van der Waals surface area contributed by atoms with E-state index in [1.165, 1.54) is 409 Å². The average Bonchev–Trinajstić information content (AvgIpc) is 3.34. The van der Waals surface area contributed by atoms with Gasteiger partial charge in [0.25, 0.3) is 0 Å². The maximum Gasteiger partial charge on any atom is 0.0784 e. The standard InChI is InChI=1S/C67H138N/c1-5-8-11-14-17-20-23-26-29-32-35-38-41-44-47-50-53-56-59-62-65-68(4,66-63-60-57-54-51-48-45-42-39-36-33-30-27-24-21-18-15-12-9-6-2)67-64-61-58-55-52-49-46-43-40-37-34-31-28-25-22-19-16-13-10-7-3/h5-67H2,1-4H3/q+1. The highest BCUT2D eigenvalue weighted by Crippen LogP contribution is 2.21. The molecule has 410 valence electrons. The molecule has 0 aromatic rings. The molecule has 0 aromatic heterocycles. The predicted octanol–water partition coefficient (Wildman–Crippen LogP) is 24.9. The van der Waals surface area contributed by atoms with Crippen molar-refractivity contribution in [3.8, 4) is 0 Å². The van der Waals surface area contributed by atoms with Gasteiger partial charge in [0.2, 0.25) is 0 Å². The van der Waals surface area contributed by atoms with E-state index in [0.29, 0.717) is 0 Å². The molecule has 0 aliphatic rings. The van der Waals surface area contributed by atoms with Crippen molar-refractivity contribution >= 4 is 0 Å². The van der Waals surface area contributed by atoms with E-state index in [4.69, 9.17) is 0 Å². The predicted molar refractivity (Wildman–Crippen MR) is 315 cm³/mol. The third-order valence-electron chi connectivity index (χ3n) is 16.7. The van der Waals surface area contributed by atoms with Crippen molar-refractivity contribution in [2.24, 2.45) is 0 Å². The van der Waals surface area contributed by atoms with Crippen LogP contribution < -0.4 is 0 Å². The summed E-state index contributed by atoms with van der Waals surface area (Å²) in [6, 6.07) is 0. The van der Waals surface area contributed by atoms with Crippen molar-refractivity contribution in [3.63, 3.8) is 0 Å². The molecule has 0 aliphatic carbocycles. The highest BCUT2D eigenvalue weighted by atomic mass is 15.3. The lowest BCUT2D eigenvalue weighted by atomic mass is 10.0. The molecule has 0 atom stereocenters. The van der Waals surface area contributed by atoms with Gasteiger partial charge in [0, 0.05) is 0 Å². The van der Waals surface area contributed by atoms with E-state index < -0.39 is 0 Å². The maximum absolute atomic E-state index is 2.65. The van der Waals surface area contributed by atoms with E-state index in [-0.39, 0.29) is 0 Å². The number of hydrogen-bond acceptors (Lipinski definition) is 0. The normalized spacial score (nSPS) is 12.0. The Morgan fingerprint density at radius 2 is 0.221 bits per heavy atom. The topological polar surface area (TPSA) is 0 Å². The summed E-state index contributed by atoms with van der Waals surface area (Å²) in [5.41, 5.74) is 0. The molecule has 0 amide bonds. The fraction of sp³-hybridized carbons (Fsp3) is 1.00. The Bertz CT molecular complexity index is 741. The molecule has 0 aliphatic heterocycles. The van der Waals surface area contributed by atoms with Gasteiger partial charge >= 0.3 is 0 Å². The van der Waals surface area contributed by atoms with Gasteiger partial charge in [-0.2, -0.15) is 0 Å². The Hall–Kier alpha value is -0.0400. The lowest BCUT2D eigenvalue weighted by Gasteiger charge is -2.35. The zero-order chi connectivity index (χ0) is 49.0. The van der Waals surface area contributed by atoms with E-state index in [9.17, 15) is 0 Å². The Morgan fingerprint density at radius 1 is 0.132 bits per heavy atom. The summed E-state index contributed by atoms with van der Waals surface area (Å²) in [5, 5.41) is 0. The highest BCUT2D eigenvalue weighted by Gasteiger charge is 2.20. The third-order valence-corrected chi connectivity index (χ3v) is 16.7. The minimum atomic E-state index is 1.37. The van der Waals surface area contributed by atoms with Crippen LogP contribution in [0.25, 0.3) is 0 Å². The zero-order valence-electron chi connectivity index (χ0n) is 49.0. The lowest BCUT2D eigenvalue weighted by molar-refractivity contribution is -0.910. The number of rotatable bonds is 63. The molecule has 0 spiro atoms. The summed E-state index contributed by atoms with van der Waals surface area (Å²) in [6.07, 6.45) is 88.7. The number of unbranched alkanes of at least 4 members (excludes halogenated alkanes) is 57. The second kappa shape index (κ2) is 61.3. The van der Waals surface area contributed by atoms with Gasteiger partial charge in [-0.25, -0.2) is 0 Å². The van der Waals surface area contributed by atoms with Crippen molar-refractivity contribution in [1.29, 1.82) is 0 Å². The van der Waals surface area contributed by atoms with Gasteiger partial charge in [0.1, 0.15) is 0 Å². The van der Waals surface area contributed by atoms with Crippen LogP contribution in [0.2, 0.25) is 0 Å². The van der Waals surface area contributed by atoms with Crippen LogP contribution in [0.4, 0.5) is 0 Å². The summed E-state index contributed by atoms with van der Waals surface area (Å²) in [5.74, 6) is 0. The molecule has 0 N–H and O–H groups in total. The molecule has 0 rings (SSSR count). The van der Waals surface area contributed by atoms with Crippen LogP contribution in [0.5, 0.6) is 0 Å². The summed E-state index contributed by atoms with van der Waals surface area (Å²) >= 11 is 0. The van der Waals surface area contributed by atoms with Crippen molar-refractivity contribution in [3.05, 3.63) is 0 Å². The zero-order valence-corrected chi connectivity index (χ0v) is 49.0. The van der Waals surface area contributed by atoms with E-state index in [1.54, 1.807) is 0 Å². The fourth-order valence-corrected chi connectivity index (χ4v) is 11.6. The molecule has 0 bridgehead atoms. The molecule has 0 heterocycles. The smallest absolute Gasteiger partial charge is 0.0784 e. The van der Waals surface area contributed by atoms with Gasteiger partial charge < -0.3 is 4.48 Å². The van der Waals surface area contributed by atoms with Gasteiger partial charge in [0.15, 0.2) is 0 Å². The Kier molecular flexibility index (Phi) is 61.2. The van der Waals surface area contributed by atoms with E-state index in [1.807, 2.05) is 0 Å². The second-order valence-electron chi connectivity index (χ2n) is 23.9. The Labute approximate surface area is 435 Å². The minimum Gasteiger partial charge on any atom is -0.326 e. The summed E-state index contributed by atoms with van der Waals surface area (Å²) in [7, 11) is 2.65. The van der Waals surface area contributed by atoms with Crippen LogP contribution in [0.1, 0.15) is 406 Å². The van der Waals surface area contributed by atoms with E-state index in [0.717, 1.165) is 0 Å². The molecule has 0 aromatic carbocycles. The summed E-state index contributed by atoms with van der Waals surface area (Å²) in [6.45, 7) is 11.3. The maximum atomic E-state index is 2.65. The molecule has 0 fully saturated rings. The molecule has 0 saturated carbocycles. The van der Waals surface area contributed by atoms with Gasteiger partial charge in [-0.15, -0.1) is 0 Å². The van der Waals surface area contributed by atoms with Crippen LogP contribution in [-0.2, 0) is 0 Å². The summed E-state index contributed by atoms with van der Waals surface area (Å²) in [4.78, 5) is 0. The molecule has 1 nitrogen and oxygen atoms in total. The van der Waals surface area contributed by atoms with E-state index >= 15 is 0 Å². The summed E-state index contributed by atoms with van der Waals surface area (Å²) < 4.78 is 1.37. The molecule has 0 unspecified atom stereocenters. The van der Waals surface area contributed by atoms with Crippen molar-refractivity contribution < 1.29 is 4.48 Å². The quantitative estimate of drug-likeness (QED) is 0.0421. The first kappa shape index (κ1) is 68.0. The molecule has 0 radical (unpaired) electrons. The highest BCUT2D eigenvalue weighted by molar-refractivity contribution is 4.56. The fourth-order valence-electron chi connectivity index (χ4n) is 11.6. The van der Waals surface area contributed by atoms with Crippen LogP contribution in [0, 0.1) is 0 Å². The molecule has 1 heteroatoms. The van der Waals surface area contributed by atoms with Gasteiger partial charge in [-0.1, -0.05) is 367 Å². The van der Waals surface area contributed by atoms with E-state index in [2.05, 4.69) is 27.8 Å². The van der Waals surface area contributed by atoms with Crippen LogP contribution in [0.15, 0.2) is 0 Å². The van der Waals surface area contributed by atoms with Gasteiger partial charge in [0.05, 0.1) is 26.7 Å². The van der Waals surface area contributed by atoms with Gasteiger partial charge in [-0.05, 0) is 38.5 Å². The van der Waals surface area contributed by atoms with Gasteiger partial charge in [-0.3, -0.25) is 0 Å². The number of quaternary nitrogens is 1. The Morgan fingerprint density at radius 3 is 0.324 bits per heavy atom. The third kappa shape index (κ3) is 58.5. The van der Waals surface area contributed by atoms with Crippen LogP contribution in [0.3, 0.4) is 0 Å².